The summed E-state index contributed by atoms with van der Waals surface area (Å²) in [5.74, 6) is 0.410. The van der Waals surface area contributed by atoms with Gasteiger partial charge in [-0.1, -0.05) is 31.4 Å². The maximum Gasteiger partial charge on any atom is 0.239 e. The van der Waals surface area contributed by atoms with Gasteiger partial charge in [-0.3, -0.25) is 9.79 Å². The Morgan fingerprint density at radius 1 is 1.22 bits per heavy atom. The molecular weight excluding hydrogens is 458 g/mol. The minimum Gasteiger partial charge on any atom is -0.356 e. The molecule has 0 bridgehead atoms. The fourth-order valence-electron chi connectivity index (χ4n) is 3.70. The average molecular weight is 488 g/mol. The van der Waals surface area contributed by atoms with Gasteiger partial charge in [0.1, 0.15) is 5.82 Å². The lowest BCUT2D eigenvalue weighted by atomic mass is 9.95. The van der Waals surface area contributed by atoms with E-state index < -0.39 is 0 Å². The van der Waals surface area contributed by atoms with Crippen LogP contribution in [-0.2, 0) is 10.2 Å². The smallest absolute Gasteiger partial charge is 0.239 e. The number of amides is 1. The molecule has 1 aromatic rings. The highest BCUT2D eigenvalue weighted by molar-refractivity contribution is 14.0. The van der Waals surface area contributed by atoms with Crippen LogP contribution >= 0.6 is 24.0 Å². The van der Waals surface area contributed by atoms with Crippen molar-refractivity contribution in [2.45, 2.75) is 56.4 Å². The maximum atomic E-state index is 13.5. The monoisotopic (exact) mass is 488 g/mol. The molecule has 7 heteroatoms. The molecule has 0 spiro atoms. The molecule has 0 radical (unpaired) electrons. The van der Waals surface area contributed by atoms with Crippen LogP contribution in [0.5, 0.6) is 0 Å². The number of aliphatic imine (C=N–C) groups is 1. The Hall–Kier alpha value is -1.38. The van der Waals surface area contributed by atoms with Crippen molar-refractivity contribution in [1.82, 2.24) is 16.0 Å². The second-order valence-electron chi connectivity index (χ2n) is 7.47. The van der Waals surface area contributed by atoms with E-state index in [9.17, 15) is 9.18 Å². The maximum absolute atomic E-state index is 13.5. The minimum absolute atomic E-state index is 0. The number of hydrogen-bond donors (Lipinski definition) is 3. The molecule has 27 heavy (non-hydrogen) atoms. The number of carbonyl (C=O) groups excluding carboxylic acids is 1. The number of guanidine groups is 1. The van der Waals surface area contributed by atoms with E-state index in [1.807, 2.05) is 6.07 Å². The molecule has 3 N–H and O–H groups in total. The number of rotatable bonds is 6. The summed E-state index contributed by atoms with van der Waals surface area (Å²) in [5, 5.41) is 9.45. The van der Waals surface area contributed by atoms with Crippen LogP contribution < -0.4 is 16.0 Å². The van der Waals surface area contributed by atoms with Crippen LogP contribution in [0, 0.1) is 5.82 Å². The van der Waals surface area contributed by atoms with Gasteiger partial charge in [-0.2, -0.15) is 0 Å². The molecule has 3 rings (SSSR count). The Morgan fingerprint density at radius 2 is 1.96 bits per heavy atom. The normalized spacial score (nSPS) is 19.0. The number of nitrogens with zero attached hydrogens (tertiary/aromatic N) is 1. The van der Waals surface area contributed by atoms with E-state index in [0.717, 1.165) is 31.2 Å². The summed E-state index contributed by atoms with van der Waals surface area (Å²) in [7, 11) is 1.69. The molecular formula is C20H30FIN4O. The highest BCUT2D eigenvalue weighted by Gasteiger charge is 2.44. The predicted octanol–water partition coefficient (Wildman–Crippen LogP) is 3.09. The largest absolute Gasteiger partial charge is 0.356 e. The van der Waals surface area contributed by atoms with Gasteiger partial charge >= 0.3 is 0 Å². The minimum atomic E-state index is -0.198. The van der Waals surface area contributed by atoms with E-state index in [4.69, 9.17) is 0 Å². The van der Waals surface area contributed by atoms with Gasteiger partial charge in [-0.15, -0.1) is 24.0 Å². The molecule has 2 aliphatic carbocycles. The van der Waals surface area contributed by atoms with E-state index in [1.54, 1.807) is 19.2 Å². The molecule has 0 heterocycles. The summed E-state index contributed by atoms with van der Waals surface area (Å²) in [5.41, 5.74) is 1.000. The van der Waals surface area contributed by atoms with E-state index in [1.165, 1.54) is 25.3 Å². The first-order chi connectivity index (χ1) is 12.6. The molecule has 2 fully saturated rings. The van der Waals surface area contributed by atoms with Gasteiger partial charge in [-0.05, 0) is 43.4 Å². The van der Waals surface area contributed by atoms with Crippen LogP contribution in [-0.4, -0.2) is 38.0 Å². The van der Waals surface area contributed by atoms with Crippen LogP contribution in [0.1, 0.15) is 50.5 Å². The lowest BCUT2D eigenvalue weighted by molar-refractivity contribution is -0.120. The zero-order valence-corrected chi connectivity index (χ0v) is 18.2. The number of nitrogens with one attached hydrogen (secondary N) is 3. The summed E-state index contributed by atoms with van der Waals surface area (Å²) in [6.07, 6.45) is 7.89. The second kappa shape index (κ2) is 10.2. The predicted molar refractivity (Wildman–Crippen MR) is 117 cm³/mol. The Labute approximate surface area is 178 Å². The number of benzene rings is 1. The molecule has 0 aliphatic heterocycles. The van der Waals surface area contributed by atoms with Crippen LogP contribution in [0.2, 0.25) is 0 Å². The van der Waals surface area contributed by atoms with Crippen molar-refractivity contribution in [3.63, 3.8) is 0 Å². The van der Waals surface area contributed by atoms with Gasteiger partial charge < -0.3 is 16.0 Å². The van der Waals surface area contributed by atoms with Crippen molar-refractivity contribution in [3.05, 3.63) is 35.6 Å². The Balaban J connectivity index is 0.00000261. The molecule has 2 saturated carbocycles. The van der Waals surface area contributed by atoms with Crippen LogP contribution in [0.3, 0.4) is 0 Å². The van der Waals surface area contributed by atoms with E-state index >= 15 is 0 Å². The molecule has 1 amide bonds. The van der Waals surface area contributed by atoms with Gasteiger partial charge in [-0.25, -0.2) is 4.39 Å². The standard InChI is InChI=1S/C20H29FN4O.HI/c1-22-19(23-13-18(26)25-17-8-3-2-4-9-17)24-14-20(10-11-20)15-6-5-7-16(21)12-15;/h5-7,12,17H,2-4,8-11,13-14H2,1H3,(H,25,26)(H2,22,23,24);1H. The highest BCUT2D eigenvalue weighted by Crippen LogP contribution is 2.47. The Bertz CT molecular complexity index is 657. The van der Waals surface area contributed by atoms with E-state index in [0.29, 0.717) is 18.5 Å². The Kier molecular flexibility index (Phi) is 8.31. The summed E-state index contributed by atoms with van der Waals surface area (Å²) in [4.78, 5) is 16.3. The third-order valence-corrected chi connectivity index (χ3v) is 5.50. The summed E-state index contributed by atoms with van der Waals surface area (Å²) in [6, 6.07) is 7.13. The van der Waals surface area contributed by atoms with Crippen LogP contribution in [0.4, 0.5) is 4.39 Å². The van der Waals surface area contributed by atoms with Crippen molar-refractivity contribution in [1.29, 1.82) is 0 Å². The van der Waals surface area contributed by atoms with Crippen molar-refractivity contribution in [3.8, 4) is 0 Å². The molecule has 0 atom stereocenters. The zero-order chi connectivity index (χ0) is 18.4. The first kappa shape index (κ1) is 21.9. The number of halogens is 2. The summed E-state index contributed by atoms with van der Waals surface area (Å²) < 4.78 is 13.5. The average Bonchev–Trinajstić information content (AvgIpc) is 3.44. The number of hydrogen-bond acceptors (Lipinski definition) is 2. The highest BCUT2D eigenvalue weighted by atomic mass is 127. The first-order valence-corrected chi connectivity index (χ1v) is 9.61. The first-order valence-electron chi connectivity index (χ1n) is 9.61. The summed E-state index contributed by atoms with van der Waals surface area (Å²) >= 11 is 0. The third-order valence-electron chi connectivity index (χ3n) is 5.50. The van der Waals surface area contributed by atoms with Gasteiger partial charge in [0, 0.05) is 25.0 Å². The molecule has 0 saturated heterocycles. The van der Waals surface area contributed by atoms with Crippen molar-refractivity contribution in [2.24, 2.45) is 4.99 Å². The fraction of sp³-hybridized carbons (Fsp3) is 0.600. The Morgan fingerprint density at radius 3 is 2.59 bits per heavy atom. The van der Waals surface area contributed by atoms with Gasteiger partial charge in [0.2, 0.25) is 5.91 Å². The lowest BCUT2D eigenvalue weighted by Crippen LogP contribution is -2.47. The van der Waals surface area contributed by atoms with E-state index in [2.05, 4.69) is 20.9 Å². The SMILES string of the molecule is CN=C(NCC(=O)NC1CCCCC1)NCC1(c2cccc(F)c2)CC1.I. The lowest BCUT2D eigenvalue weighted by Gasteiger charge is -2.23. The van der Waals surface area contributed by atoms with Gasteiger partial charge in [0.05, 0.1) is 6.54 Å². The molecule has 0 unspecified atom stereocenters. The zero-order valence-electron chi connectivity index (χ0n) is 15.9. The van der Waals surface area contributed by atoms with Crippen molar-refractivity contribution in [2.75, 3.05) is 20.1 Å². The third kappa shape index (κ3) is 6.33. The van der Waals surface area contributed by atoms with Crippen molar-refractivity contribution >= 4 is 35.8 Å². The molecule has 0 aromatic heterocycles. The van der Waals surface area contributed by atoms with Gasteiger partial charge in [0.25, 0.3) is 0 Å². The number of carbonyl (C=O) groups is 1. The molecule has 5 nitrogen and oxygen atoms in total. The van der Waals surface area contributed by atoms with Crippen molar-refractivity contribution < 1.29 is 9.18 Å². The molecule has 1 aromatic carbocycles. The quantitative estimate of drug-likeness (QED) is 0.328. The molecule has 150 valence electrons. The van der Waals surface area contributed by atoms with Crippen LogP contribution in [0.25, 0.3) is 0 Å². The molecule has 2 aliphatic rings. The fourth-order valence-corrected chi connectivity index (χ4v) is 3.70. The van der Waals surface area contributed by atoms with Gasteiger partial charge in [0.15, 0.2) is 5.96 Å². The topological polar surface area (TPSA) is 65.5 Å². The second-order valence-corrected chi connectivity index (χ2v) is 7.47. The van der Waals surface area contributed by atoms with Crippen LogP contribution in [0.15, 0.2) is 29.3 Å². The summed E-state index contributed by atoms with van der Waals surface area (Å²) in [6.45, 7) is 0.892. The van der Waals surface area contributed by atoms with E-state index in [-0.39, 0.29) is 47.7 Å².